The van der Waals surface area contributed by atoms with Crippen LogP contribution in [0.5, 0.6) is 0 Å². The Bertz CT molecular complexity index is 415. The van der Waals surface area contributed by atoms with Crippen molar-refractivity contribution >= 4 is 14.3 Å². The largest absolute Gasteiger partial charge is 0.469 e. The molecular weight excluding hydrogens is 388 g/mol. The van der Waals surface area contributed by atoms with Crippen LogP contribution < -0.4 is 0 Å². The molecule has 0 aliphatic heterocycles. The number of ether oxygens (including phenoxy) is 1. The van der Waals surface area contributed by atoms with Crippen molar-refractivity contribution in [2.45, 2.75) is 155 Å². The standard InChI is InChI=1S/C26H54O3Si/c1-8-9-10-11-12-15-18-21-24(29-30(6,7)26(2,3)4)22-19-16-13-14-17-20-23-25(27)28-5/h24H,8-23H2,1-7H3. The first-order chi connectivity index (χ1) is 14.1. The fraction of sp³-hybridized carbons (Fsp3) is 0.962. The highest BCUT2D eigenvalue weighted by Gasteiger charge is 2.38. The monoisotopic (exact) mass is 442 g/mol. The Hall–Kier alpha value is -0.353. The van der Waals surface area contributed by atoms with Crippen LogP contribution in [0, 0.1) is 0 Å². The first-order valence-electron chi connectivity index (χ1n) is 12.9. The summed E-state index contributed by atoms with van der Waals surface area (Å²) in [5.74, 6) is -0.0778. The summed E-state index contributed by atoms with van der Waals surface area (Å²) in [6.45, 7) is 14.1. The van der Waals surface area contributed by atoms with Crippen LogP contribution in [-0.2, 0) is 14.0 Å². The molecule has 0 aliphatic carbocycles. The predicted molar refractivity (Wildman–Crippen MR) is 134 cm³/mol. The molecular formula is C26H54O3Si. The molecule has 0 saturated heterocycles. The van der Waals surface area contributed by atoms with Crippen molar-refractivity contribution in [1.82, 2.24) is 0 Å². The second-order valence-electron chi connectivity index (χ2n) is 10.6. The van der Waals surface area contributed by atoms with E-state index in [1.165, 1.54) is 90.6 Å². The zero-order chi connectivity index (χ0) is 22.9. The fourth-order valence-corrected chi connectivity index (χ4v) is 5.06. The molecule has 0 aliphatic rings. The number of esters is 1. The quantitative estimate of drug-likeness (QED) is 0.114. The predicted octanol–water partition coefficient (Wildman–Crippen LogP) is 8.81. The molecule has 0 aromatic carbocycles. The molecule has 30 heavy (non-hydrogen) atoms. The summed E-state index contributed by atoms with van der Waals surface area (Å²) >= 11 is 0. The molecule has 0 radical (unpaired) electrons. The average Bonchev–Trinajstić information content (AvgIpc) is 2.67. The molecule has 0 aromatic heterocycles. The van der Waals surface area contributed by atoms with Gasteiger partial charge in [-0.3, -0.25) is 4.79 Å². The van der Waals surface area contributed by atoms with E-state index in [9.17, 15) is 4.79 Å². The number of carbonyl (C=O) groups excluding carboxylic acids is 1. The highest BCUT2D eigenvalue weighted by Crippen LogP contribution is 2.38. The van der Waals surface area contributed by atoms with Crippen LogP contribution in [0.1, 0.15) is 130 Å². The lowest BCUT2D eigenvalue weighted by atomic mass is 10.0. The summed E-state index contributed by atoms with van der Waals surface area (Å²) < 4.78 is 11.5. The second-order valence-corrected chi connectivity index (χ2v) is 15.4. The normalized spacial score (nSPS) is 13.4. The van der Waals surface area contributed by atoms with Gasteiger partial charge in [-0.15, -0.1) is 0 Å². The van der Waals surface area contributed by atoms with Crippen LogP contribution in [0.25, 0.3) is 0 Å². The van der Waals surface area contributed by atoms with Gasteiger partial charge >= 0.3 is 5.97 Å². The van der Waals surface area contributed by atoms with E-state index in [2.05, 4.69) is 40.8 Å². The maximum Gasteiger partial charge on any atom is 0.305 e. The number of rotatable bonds is 19. The van der Waals surface area contributed by atoms with Gasteiger partial charge in [0.2, 0.25) is 0 Å². The maximum atomic E-state index is 11.1. The lowest BCUT2D eigenvalue weighted by molar-refractivity contribution is -0.140. The van der Waals surface area contributed by atoms with Crippen molar-refractivity contribution in [3.05, 3.63) is 0 Å². The van der Waals surface area contributed by atoms with E-state index in [4.69, 9.17) is 9.16 Å². The minimum Gasteiger partial charge on any atom is -0.469 e. The molecule has 0 fully saturated rings. The van der Waals surface area contributed by atoms with Crippen molar-refractivity contribution in [3.63, 3.8) is 0 Å². The van der Waals surface area contributed by atoms with Crippen LogP contribution in [-0.4, -0.2) is 27.5 Å². The number of hydrogen-bond acceptors (Lipinski definition) is 3. The molecule has 0 aromatic rings. The van der Waals surface area contributed by atoms with E-state index in [0.29, 0.717) is 12.5 Å². The summed E-state index contributed by atoms with van der Waals surface area (Å²) in [7, 11) is -0.229. The molecule has 0 rings (SSSR count). The summed E-state index contributed by atoms with van der Waals surface area (Å²) in [4.78, 5) is 11.1. The smallest absolute Gasteiger partial charge is 0.305 e. The molecule has 0 N–H and O–H groups in total. The molecule has 0 amide bonds. The Morgan fingerprint density at radius 2 is 1.20 bits per heavy atom. The summed E-state index contributed by atoms with van der Waals surface area (Å²) in [5, 5.41) is 0.283. The Kier molecular flexibility index (Phi) is 17.0. The van der Waals surface area contributed by atoms with E-state index in [-0.39, 0.29) is 11.0 Å². The van der Waals surface area contributed by atoms with Crippen molar-refractivity contribution in [3.8, 4) is 0 Å². The second kappa shape index (κ2) is 17.2. The highest BCUT2D eigenvalue weighted by molar-refractivity contribution is 6.74. The van der Waals surface area contributed by atoms with Gasteiger partial charge in [-0.05, 0) is 37.4 Å². The van der Waals surface area contributed by atoms with Crippen molar-refractivity contribution < 1.29 is 14.0 Å². The van der Waals surface area contributed by atoms with Crippen molar-refractivity contribution in [2.75, 3.05) is 7.11 Å². The first kappa shape index (κ1) is 29.6. The first-order valence-corrected chi connectivity index (χ1v) is 15.8. The molecule has 0 spiro atoms. The van der Waals surface area contributed by atoms with E-state index in [0.717, 1.165) is 12.8 Å². The summed E-state index contributed by atoms with van der Waals surface area (Å²) in [6, 6.07) is 0. The van der Waals surface area contributed by atoms with Crippen LogP contribution in [0.15, 0.2) is 0 Å². The topological polar surface area (TPSA) is 35.5 Å². The Morgan fingerprint density at radius 3 is 1.63 bits per heavy atom. The molecule has 4 heteroatoms. The van der Waals surface area contributed by atoms with Crippen LogP contribution in [0.2, 0.25) is 18.1 Å². The van der Waals surface area contributed by atoms with Gasteiger partial charge in [0.1, 0.15) is 0 Å². The molecule has 1 unspecified atom stereocenters. The highest BCUT2D eigenvalue weighted by atomic mass is 28.4. The van der Waals surface area contributed by atoms with Gasteiger partial charge in [-0.2, -0.15) is 0 Å². The zero-order valence-electron chi connectivity index (χ0n) is 21.6. The van der Waals surface area contributed by atoms with E-state index in [1.54, 1.807) is 0 Å². The van der Waals surface area contributed by atoms with E-state index in [1.807, 2.05) is 0 Å². The van der Waals surface area contributed by atoms with E-state index < -0.39 is 8.32 Å². The Morgan fingerprint density at radius 1 is 0.767 bits per heavy atom. The van der Waals surface area contributed by atoms with Gasteiger partial charge in [0.15, 0.2) is 8.32 Å². The number of methoxy groups -OCH3 is 1. The lowest BCUT2D eigenvalue weighted by Crippen LogP contribution is -2.44. The Labute approximate surface area is 190 Å². The SMILES string of the molecule is CCCCCCCCCC(CCCCCCCCC(=O)OC)O[Si](C)(C)C(C)(C)C. The van der Waals surface area contributed by atoms with Gasteiger partial charge in [0.25, 0.3) is 0 Å². The third kappa shape index (κ3) is 15.4. The molecule has 0 bridgehead atoms. The van der Waals surface area contributed by atoms with Gasteiger partial charge in [0, 0.05) is 12.5 Å². The molecule has 0 saturated carbocycles. The molecule has 3 nitrogen and oxygen atoms in total. The zero-order valence-corrected chi connectivity index (χ0v) is 22.6. The Balaban J connectivity index is 4.19. The molecule has 180 valence electrons. The van der Waals surface area contributed by atoms with Crippen LogP contribution >= 0.6 is 0 Å². The van der Waals surface area contributed by atoms with Gasteiger partial charge in [0.05, 0.1) is 7.11 Å². The number of unbranched alkanes of at least 4 members (excludes halogenated alkanes) is 11. The minimum atomic E-state index is -1.70. The number of hydrogen-bond donors (Lipinski definition) is 0. The minimum absolute atomic E-state index is 0.0778. The van der Waals surface area contributed by atoms with Gasteiger partial charge in [-0.1, -0.05) is 105 Å². The molecule has 0 heterocycles. The number of carbonyl (C=O) groups is 1. The van der Waals surface area contributed by atoms with Gasteiger partial charge in [-0.25, -0.2) is 0 Å². The summed E-state index contributed by atoms with van der Waals surface area (Å²) in [6.07, 6.45) is 20.2. The van der Waals surface area contributed by atoms with Crippen molar-refractivity contribution in [2.24, 2.45) is 0 Å². The molecule has 1 atom stereocenters. The van der Waals surface area contributed by atoms with Crippen LogP contribution in [0.4, 0.5) is 0 Å². The van der Waals surface area contributed by atoms with Crippen LogP contribution in [0.3, 0.4) is 0 Å². The van der Waals surface area contributed by atoms with Crippen molar-refractivity contribution in [1.29, 1.82) is 0 Å². The summed E-state index contributed by atoms with van der Waals surface area (Å²) in [5.41, 5.74) is 0. The third-order valence-electron chi connectivity index (χ3n) is 6.78. The van der Waals surface area contributed by atoms with E-state index >= 15 is 0 Å². The fourth-order valence-electron chi connectivity index (χ4n) is 3.64. The maximum absolute atomic E-state index is 11.1. The third-order valence-corrected chi connectivity index (χ3v) is 11.3. The lowest BCUT2D eigenvalue weighted by Gasteiger charge is -2.39. The van der Waals surface area contributed by atoms with Gasteiger partial charge < -0.3 is 9.16 Å². The average molecular weight is 443 g/mol.